The van der Waals surface area contributed by atoms with Crippen LogP contribution in [0.4, 0.5) is 0 Å². The molecule has 0 saturated heterocycles. The van der Waals surface area contributed by atoms with E-state index in [2.05, 4.69) is 83.6 Å². The number of nitrogens with one attached hydrogen (secondary N) is 1. The molecule has 2 aromatic carbocycles. The lowest BCUT2D eigenvalue weighted by atomic mass is 9.95. The van der Waals surface area contributed by atoms with Gasteiger partial charge in [-0.25, -0.2) is 0 Å². The normalized spacial score (nSPS) is 12.4. The highest BCUT2D eigenvalue weighted by molar-refractivity contribution is 9.10. The van der Waals surface area contributed by atoms with Crippen molar-refractivity contribution >= 4 is 15.9 Å². The minimum absolute atomic E-state index is 0.366. The highest BCUT2D eigenvalue weighted by Crippen LogP contribution is 2.25. The minimum atomic E-state index is 0.366. The maximum Gasteiger partial charge on any atom is 0.0363 e. The van der Waals surface area contributed by atoms with Gasteiger partial charge in [0.2, 0.25) is 0 Å². The number of halogens is 1. The summed E-state index contributed by atoms with van der Waals surface area (Å²) in [5.74, 6) is 0. The summed E-state index contributed by atoms with van der Waals surface area (Å²) in [7, 11) is 0. The predicted octanol–water partition coefficient (Wildman–Crippen LogP) is 4.65. The second-order valence-corrected chi connectivity index (χ2v) is 5.62. The lowest BCUT2D eigenvalue weighted by molar-refractivity contribution is 0.546. The van der Waals surface area contributed by atoms with Crippen molar-refractivity contribution in [1.29, 1.82) is 0 Å². The van der Waals surface area contributed by atoms with Gasteiger partial charge in [0.1, 0.15) is 0 Å². The SMILES string of the molecule is CCNC(Cc1ccccc1Br)c1ccccc1C. The minimum Gasteiger partial charge on any atom is -0.310 e. The number of likely N-dealkylation sites (N-methyl/N-ethyl adjacent to an activating group) is 1. The average molecular weight is 318 g/mol. The topological polar surface area (TPSA) is 12.0 Å². The van der Waals surface area contributed by atoms with Gasteiger partial charge in [-0.05, 0) is 42.6 Å². The number of aryl methyl sites for hydroxylation is 1. The van der Waals surface area contributed by atoms with Crippen molar-refractivity contribution in [3.8, 4) is 0 Å². The fraction of sp³-hybridized carbons (Fsp3) is 0.294. The third-order valence-corrected chi connectivity index (χ3v) is 4.17. The van der Waals surface area contributed by atoms with Crippen molar-refractivity contribution in [3.05, 3.63) is 69.7 Å². The van der Waals surface area contributed by atoms with E-state index in [1.165, 1.54) is 21.2 Å². The molecule has 1 nitrogen and oxygen atoms in total. The van der Waals surface area contributed by atoms with Crippen molar-refractivity contribution in [2.45, 2.75) is 26.3 Å². The summed E-state index contributed by atoms with van der Waals surface area (Å²) in [5, 5.41) is 3.59. The number of hydrogen-bond acceptors (Lipinski definition) is 1. The predicted molar refractivity (Wildman–Crippen MR) is 85.4 cm³/mol. The molecule has 1 atom stereocenters. The number of benzene rings is 2. The van der Waals surface area contributed by atoms with E-state index in [1.807, 2.05) is 0 Å². The molecule has 0 amide bonds. The van der Waals surface area contributed by atoms with Crippen molar-refractivity contribution < 1.29 is 0 Å². The van der Waals surface area contributed by atoms with Gasteiger partial charge in [0, 0.05) is 10.5 Å². The zero-order chi connectivity index (χ0) is 13.7. The summed E-state index contributed by atoms with van der Waals surface area (Å²) >= 11 is 3.64. The summed E-state index contributed by atoms with van der Waals surface area (Å²) in [5.41, 5.74) is 4.08. The summed E-state index contributed by atoms with van der Waals surface area (Å²) in [4.78, 5) is 0. The molecule has 1 unspecified atom stereocenters. The molecule has 100 valence electrons. The monoisotopic (exact) mass is 317 g/mol. The maximum atomic E-state index is 3.64. The van der Waals surface area contributed by atoms with Crippen molar-refractivity contribution in [3.63, 3.8) is 0 Å². The summed E-state index contributed by atoms with van der Waals surface area (Å²) < 4.78 is 1.19. The molecule has 0 saturated carbocycles. The average Bonchev–Trinajstić information content (AvgIpc) is 2.41. The molecule has 0 heterocycles. The molecule has 19 heavy (non-hydrogen) atoms. The van der Waals surface area contributed by atoms with E-state index in [-0.39, 0.29) is 0 Å². The Morgan fingerprint density at radius 2 is 1.74 bits per heavy atom. The van der Waals surface area contributed by atoms with E-state index in [1.54, 1.807) is 0 Å². The quantitative estimate of drug-likeness (QED) is 0.846. The maximum absolute atomic E-state index is 3.64. The molecule has 1 N–H and O–H groups in total. The summed E-state index contributed by atoms with van der Waals surface area (Å²) in [6.45, 7) is 5.31. The van der Waals surface area contributed by atoms with Crippen LogP contribution in [-0.4, -0.2) is 6.54 Å². The van der Waals surface area contributed by atoms with Crippen LogP contribution in [0.5, 0.6) is 0 Å². The van der Waals surface area contributed by atoms with Crippen molar-refractivity contribution in [2.24, 2.45) is 0 Å². The molecule has 0 spiro atoms. The summed E-state index contributed by atoms with van der Waals surface area (Å²) in [6, 6.07) is 17.4. The molecule has 2 rings (SSSR count). The zero-order valence-corrected chi connectivity index (χ0v) is 13.1. The first-order chi connectivity index (χ1) is 9.22. The second kappa shape index (κ2) is 6.88. The Kier molecular flexibility index (Phi) is 5.17. The van der Waals surface area contributed by atoms with Crippen LogP contribution < -0.4 is 5.32 Å². The third-order valence-electron chi connectivity index (χ3n) is 3.40. The van der Waals surface area contributed by atoms with Gasteiger partial charge in [-0.15, -0.1) is 0 Å². The van der Waals surface area contributed by atoms with Crippen LogP contribution in [-0.2, 0) is 6.42 Å². The molecule has 0 radical (unpaired) electrons. The van der Waals surface area contributed by atoms with Gasteiger partial charge in [-0.3, -0.25) is 0 Å². The van der Waals surface area contributed by atoms with Crippen molar-refractivity contribution in [1.82, 2.24) is 5.32 Å². The Bertz CT molecular complexity index is 536. The molecule has 0 bridgehead atoms. The van der Waals surface area contributed by atoms with E-state index >= 15 is 0 Å². The first-order valence-corrected chi connectivity index (χ1v) is 7.54. The fourth-order valence-electron chi connectivity index (χ4n) is 2.40. The Morgan fingerprint density at radius 3 is 2.42 bits per heavy atom. The first kappa shape index (κ1) is 14.3. The molecular formula is C17H20BrN. The molecule has 0 aliphatic rings. The van der Waals surface area contributed by atoms with E-state index < -0.39 is 0 Å². The van der Waals surface area contributed by atoms with Gasteiger partial charge < -0.3 is 5.32 Å². The Hall–Kier alpha value is -1.12. The molecule has 0 aliphatic heterocycles. The zero-order valence-electron chi connectivity index (χ0n) is 11.5. The van der Waals surface area contributed by atoms with Gasteiger partial charge in [-0.2, -0.15) is 0 Å². The Morgan fingerprint density at radius 1 is 1.05 bits per heavy atom. The van der Waals surface area contributed by atoms with Gasteiger partial charge in [0.05, 0.1) is 0 Å². The fourth-order valence-corrected chi connectivity index (χ4v) is 2.85. The second-order valence-electron chi connectivity index (χ2n) is 4.76. The summed E-state index contributed by atoms with van der Waals surface area (Å²) in [6.07, 6.45) is 1.00. The highest BCUT2D eigenvalue weighted by atomic mass is 79.9. The van der Waals surface area contributed by atoms with E-state index in [9.17, 15) is 0 Å². The molecule has 2 heteroatoms. The van der Waals surface area contributed by atoms with Crippen LogP contribution in [0.25, 0.3) is 0 Å². The van der Waals surface area contributed by atoms with Crippen LogP contribution in [0.2, 0.25) is 0 Å². The van der Waals surface area contributed by atoms with E-state index in [0.717, 1.165) is 13.0 Å². The highest BCUT2D eigenvalue weighted by Gasteiger charge is 2.14. The van der Waals surface area contributed by atoms with Crippen LogP contribution >= 0.6 is 15.9 Å². The smallest absolute Gasteiger partial charge is 0.0363 e. The van der Waals surface area contributed by atoms with Crippen LogP contribution in [0.1, 0.15) is 29.7 Å². The van der Waals surface area contributed by atoms with Gasteiger partial charge >= 0.3 is 0 Å². The lowest BCUT2D eigenvalue weighted by Crippen LogP contribution is -2.23. The van der Waals surface area contributed by atoms with E-state index in [0.29, 0.717) is 6.04 Å². The molecule has 0 aliphatic carbocycles. The van der Waals surface area contributed by atoms with Gasteiger partial charge in [0.15, 0.2) is 0 Å². The van der Waals surface area contributed by atoms with Gasteiger partial charge in [0.25, 0.3) is 0 Å². The largest absolute Gasteiger partial charge is 0.310 e. The molecule has 0 fully saturated rings. The molecule has 0 aromatic heterocycles. The van der Waals surface area contributed by atoms with E-state index in [4.69, 9.17) is 0 Å². The van der Waals surface area contributed by atoms with Gasteiger partial charge in [-0.1, -0.05) is 65.3 Å². The lowest BCUT2D eigenvalue weighted by Gasteiger charge is -2.21. The van der Waals surface area contributed by atoms with Crippen LogP contribution in [0, 0.1) is 6.92 Å². The Balaban J connectivity index is 2.27. The van der Waals surface area contributed by atoms with Crippen LogP contribution in [0.3, 0.4) is 0 Å². The van der Waals surface area contributed by atoms with Crippen LogP contribution in [0.15, 0.2) is 53.0 Å². The molecule has 2 aromatic rings. The number of hydrogen-bond donors (Lipinski definition) is 1. The molecular weight excluding hydrogens is 298 g/mol. The standard InChI is InChI=1S/C17H20BrN/c1-3-19-17(15-10-6-4-8-13(15)2)12-14-9-5-7-11-16(14)18/h4-11,17,19H,3,12H2,1-2H3. The third kappa shape index (κ3) is 3.68. The Labute approximate surface area is 124 Å². The number of rotatable bonds is 5. The van der Waals surface area contributed by atoms with Crippen molar-refractivity contribution in [2.75, 3.05) is 6.54 Å². The first-order valence-electron chi connectivity index (χ1n) is 6.74.